The third kappa shape index (κ3) is 7.17. The summed E-state index contributed by atoms with van der Waals surface area (Å²) < 4.78 is 27.8. The van der Waals surface area contributed by atoms with Gasteiger partial charge in [-0.15, -0.1) is 0 Å². The fourth-order valence-corrected chi connectivity index (χ4v) is 5.29. The van der Waals surface area contributed by atoms with Gasteiger partial charge in [-0.05, 0) is 62.6 Å². The quantitative estimate of drug-likeness (QED) is 0.448. The molecule has 0 aromatic heterocycles. The summed E-state index contributed by atoms with van der Waals surface area (Å²) in [6.07, 6.45) is 0.390. The van der Waals surface area contributed by atoms with Crippen molar-refractivity contribution in [2.24, 2.45) is 0 Å². The van der Waals surface area contributed by atoms with Gasteiger partial charge in [0.05, 0.1) is 11.4 Å². The summed E-state index contributed by atoms with van der Waals surface area (Å²) in [6, 6.07) is 19.4. The maximum Gasteiger partial charge on any atom is 0.243 e. The number of amides is 2. The van der Waals surface area contributed by atoms with Crippen LogP contribution in [0.1, 0.15) is 45.2 Å². The summed E-state index contributed by atoms with van der Waals surface area (Å²) in [4.78, 5) is 28.4. The minimum absolute atomic E-state index is 0.115. The molecule has 0 aliphatic carbocycles. The van der Waals surface area contributed by atoms with E-state index in [0.717, 1.165) is 26.2 Å². The summed E-state index contributed by atoms with van der Waals surface area (Å²) >= 11 is 0. The van der Waals surface area contributed by atoms with Gasteiger partial charge in [0.2, 0.25) is 21.8 Å². The fourth-order valence-electron chi connectivity index (χ4n) is 4.14. The Labute approximate surface area is 220 Å². The van der Waals surface area contributed by atoms with Gasteiger partial charge >= 0.3 is 0 Å². The van der Waals surface area contributed by atoms with Crippen molar-refractivity contribution in [2.45, 2.75) is 64.1 Å². The van der Waals surface area contributed by atoms with Crippen LogP contribution in [0.15, 0.2) is 71.6 Å². The first-order valence-corrected chi connectivity index (χ1v) is 13.9. The second-order valence-electron chi connectivity index (χ2n) is 10.4. The van der Waals surface area contributed by atoms with E-state index in [1.165, 1.54) is 11.9 Å². The lowest BCUT2D eigenvalue weighted by molar-refractivity contribution is -0.142. The number of fused-ring (bicyclic) bond motifs is 1. The molecule has 3 aromatic rings. The lowest BCUT2D eigenvalue weighted by atomic mass is 10.1. The number of likely N-dealkylation sites (N-methyl/N-ethyl adjacent to an activating group) is 1. The first kappa shape index (κ1) is 28.3. The van der Waals surface area contributed by atoms with Crippen LogP contribution in [-0.2, 0) is 26.2 Å². The Morgan fingerprint density at radius 2 is 1.57 bits per heavy atom. The van der Waals surface area contributed by atoms with Gasteiger partial charge in [-0.25, -0.2) is 8.42 Å². The number of rotatable bonds is 9. The minimum Gasteiger partial charge on any atom is -0.350 e. The zero-order chi connectivity index (χ0) is 27.4. The predicted octanol–water partition coefficient (Wildman–Crippen LogP) is 4.49. The zero-order valence-corrected chi connectivity index (χ0v) is 23.3. The molecule has 1 unspecified atom stereocenters. The van der Waals surface area contributed by atoms with Crippen molar-refractivity contribution in [3.63, 3.8) is 0 Å². The van der Waals surface area contributed by atoms with Crippen molar-refractivity contribution in [2.75, 3.05) is 13.6 Å². The zero-order valence-electron chi connectivity index (χ0n) is 22.5. The highest BCUT2D eigenvalue weighted by Gasteiger charge is 2.33. The highest BCUT2D eigenvalue weighted by Crippen LogP contribution is 2.22. The number of hydrogen-bond donors (Lipinski definition) is 1. The molecule has 0 heterocycles. The van der Waals surface area contributed by atoms with E-state index < -0.39 is 27.5 Å². The molecular weight excluding hydrogens is 486 g/mol. The summed E-state index contributed by atoms with van der Waals surface area (Å²) in [6.45, 7) is 9.27. The molecule has 0 saturated heterocycles. The molecule has 0 spiro atoms. The molecule has 3 rings (SSSR count). The van der Waals surface area contributed by atoms with Crippen LogP contribution in [0.25, 0.3) is 10.8 Å². The maximum absolute atomic E-state index is 13.6. The smallest absolute Gasteiger partial charge is 0.243 e. The van der Waals surface area contributed by atoms with E-state index in [0.29, 0.717) is 6.42 Å². The molecule has 0 fully saturated rings. The monoisotopic (exact) mass is 523 g/mol. The van der Waals surface area contributed by atoms with E-state index in [-0.39, 0.29) is 23.9 Å². The molecule has 8 heteroatoms. The van der Waals surface area contributed by atoms with Crippen LogP contribution < -0.4 is 5.32 Å². The predicted molar refractivity (Wildman–Crippen MR) is 147 cm³/mol. The van der Waals surface area contributed by atoms with Gasteiger partial charge < -0.3 is 10.2 Å². The summed E-state index contributed by atoms with van der Waals surface area (Å²) in [5.74, 6) is -0.709. The van der Waals surface area contributed by atoms with E-state index in [1.54, 1.807) is 18.2 Å². The highest BCUT2D eigenvalue weighted by molar-refractivity contribution is 7.89. The molecule has 2 amide bonds. The third-order valence-corrected chi connectivity index (χ3v) is 7.94. The van der Waals surface area contributed by atoms with E-state index >= 15 is 0 Å². The number of sulfonamides is 1. The minimum atomic E-state index is -3.93. The normalized spacial score (nSPS) is 12.9. The molecule has 0 radical (unpaired) electrons. The standard InChI is InChI=1S/C29H37N3O4S/c1-7-26(28(34)30-29(3,4)5)32(19-22-14-12-21(2)13-15-22)27(33)20-31(6)37(35,36)25-17-16-23-10-8-9-11-24(23)18-25/h8-18,26H,7,19-20H2,1-6H3,(H,30,34). The van der Waals surface area contributed by atoms with Crippen molar-refractivity contribution >= 4 is 32.6 Å². The number of benzene rings is 3. The first-order chi connectivity index (χ1) is 17.3. The Morgan fingerprint density at radius 3 is 2.16 bits per heavy atom. The lowest BCUT2D eigenvalue weighted by Gasteiger charge is -2.34. The molecule has 0 aliphatic heterocycles. The molecular formula is C29H37N3O4S. The molecule has 1 N–H and O–H groups in total. The Bertz CT molecular complexity index is 1360. The number of hydrogen-bond acceptors (Lipinski definition) is 4. The molecule has 37 heavy (non-hydrogen) atoms. The average Bonchev–Trinajstić information content (AvgIpc) is 2.83. The Kier molecular flexibility index (Phi) is 8.76. The summed E-state index contributed by atoms with van der Waals surface area (Å²) in [5.41, 5.74) is 1.47. The summed E-state index contributed by atoms with van der Waals surface area (Å²) in [7, 11) is -2.54. The van der Waals surface area contributed by atoms with Gasteiger partial charge in [0.15, 0.2) is 0 Å². The number of nitrogens with zero attached hydrogens (tertiary/aromatic N) is 2. The van der Waals surface area contributed by atoms with Crippen LogP contribution in [-0.4, -0.2) is 54.6 Å². The number of aryl methyl sites for hydroxylation is 1. The lowest BCUT2D eigenvalue weighted by Crippen LogP contribution is -2.55. The van der Waals surface area contributed by atoms with Crippen molar-refractivity contribution in [1.82, 2.24) is 14.5 Å². The van der Waals surface area contributed by atoms with E-state index in [2.05, 4.69) is 5.32 Å². The average molecular weight is 524 g/mol. The van der Waals surface area contributed by atoms with E-state index in [4.69, 9.17) is 0 Å². The molecule has 0 aliphatic rings. The topological polar surface area (TPSA) is 86.8 Å². The molecule has 0 bridgehead atoms. The van der Waals surface area contributed by atoms with Crippen molar-refractivity contribution in [1.29, 1.82) is 0 Å². The number of nitrogens with one attached hydrogen (secondary N) is 1. The van der Waals surface area contributed by atoms with Gasteiger partial charge in [-0.1, -0.05) is 67.1 Å². The maximum atomic E-state index is 13.6. The Morgan fingerprint density at radius 1 is 0.946 bits per heavy atom. The van der Waals surface area contributed by atoms with Crippen LogP contribution in [0, 0.1) is 6.92 Å². The van der Waals surface area contributed by atoms with Crippen LogP contribution in [0.4, 0.5) is 0 Å². The van der Waals surface area contributed by atoms with Gasteiger partial charge in [0.1, 0.15) is 6.04 Å². The van der Waals surface area contributed by atoms with E-state index in [9.17, 15) is 18.0 Å². The van der Waals surface area contributed by atoms with Gasteiger partial charge in [-0.2, -0.15) is 4.31 Å². The second kappa shape index (κ2) is 11.4. The molecule has 0 saturated carbocycles. The second-order valence-corrected chi connectivity index (χ2v) is 12.5. The molecule has 1 atom stereocenters. The van der Waals surface area contributed by atoms with Gasteiger partial charge in [0, 0.05) is 19.1 Å². The number of carbonyl (C=O) groups is 2. The number of carbonyl (C=O) groups excluding carboxylic acids is 2. The van der Waals surface area contributed by atoms with Crippen molar-refractivity contribution < 1.29 is 18.0 Å². The SMILES string of the molecule is CCC(C(=O)NC(C)(C)C)N(Cc1ccc(C)cc1)C(=O)CN(C)S(=O)(=O)c1ccc2ccccc2c1. The van der Waals surface area contributed by atoms with Crippen molar-refractivity contribution in [3.05, 3.63) is 77.9 Å². The fraction of sp³-hybridized carbons (Fsp3) is 0.379. The Balaban J connectivity index is 1.89. The highest BCUT2D eigenvalue weighted by atomic mass is 32.2. The van der Waals surface area contributed by atoms with Crippen molar-refractivity contribution in [3.8, 4) is 0 Å². The molecule has 198 valence electrons. The van der Waals surface area contributed by atoms with Crippen LogP contribution in [0.3, 0.4) is 0 Å². The first-order valence-electron chi connectivity index (χ1n) is 12.4. The van der Waals surface area contributed by atoms with Gasteiger partial charge in [0.25, 0.3) is 0 Å². The van der Waals surface area contributed by atoms with Crippen LogP contribution in [0.5, 0.6) is 0 Å². The van der Waals surface area contributed by atoms with Gasteiger partial charge in [-0.3, -0.25) is 9.59 Å². The molecule has 3 aromatic carbocycles. The van der Waals surface area contributed by atoms with Crippen LogP contribution in [0.2, 0.25) is 0 Å². The largest absolute Gasteiger partial charge is 0.350 e. The van der Waals surface area contributed by atoms with Crippen LogP contribution >= 0.6 is 0 Å². The third-order valence-electron chi connectivity index (χ3n) is 6.14. The van der Waals surface area contributed by atoms with E-state index in [1.807, 2.05) is 83.1 Å². The Hall–Kier alpha value is -3.23. The summed E-state index contributed by atoms with van der Waals surface area (Å²) in [5, 5.41) is 4.69. The molecule has 7 nitrogen and oxygen atoms in total.